The Morgan fingerprint density at radius 2 is 1.79 bits per heavy atom. The van der Waals surface area contributed by atoms with Crippen molar-refractivity contribution in [3.8, 4) is 0 Å². The molecule has 1 aliphatic rings. The molecule has 3 aromatic rings. The van der Waals surface area contributed by atoms with Crippen molar-refractivity contribution in [3.63, 3.8) is 0 Å². The zero-order valence-corrected chi connectivity index (χ0v) is 18.7. The third-order valence-corrected chi connectivity index (χ3v) is 6.10. The van der Waals surface area contributed by atoms with Crippen molar-refractivity contribution in [2.45, 2.75) is 37.3 Å². The Morgan fingerprint density at radius 1 is 1.09 bits per heavy atom. The van der Waals surface area contributed by atoms with Crippen LogP contribution in [0.2, 0.25) is 0 Å². The number of hydrogen-bond acceptors (Lipinski definition) is 5. The number of benzene rings is 2. The minimum Gasteiger partial charge on any atom is -0.395 e. The highest BCUT2D eigenvalue weighted by Crippen LogP contribution is 2.28. The third-order valence-electron chi connectivity index (χ3n) is 6.10. The monoisotopic (exact) mass is 445 g/mol. The number of hydrogen-bond donors (Lipinski definition) is 3. The van der Waals surface area contributed by atoms with E-state index in [4.69, 9.17) is 4.74 Å². The number of aryl methyl sites for hydroxylation is 1. The fourth-order valence-electron chi connectivity index (χ4n) is 4.23. The Balaban J connectivity index is 1.40. The average molecular weight is 446 g/mol. The summed E-state index contributed by atoms with van der Waals surface area (Å²) in [5.74, 6) is -0.0583. The number of amides is 1. The topological polar surface area (TPSA) is 83.5 Å². The van der Waals surface area contributed by atoms with E-state index in [1.807, 2.05) is 42.5 Å². The van der Waals surface area contributed by atoms with Crippen LogP contribution in [0.1, 0.15) is 35.4 Å². The highest BCUT2D eigenvalue weighted by molar-refractivity contribution is 5.92. The highest BCUT2D eigenvalue weighted by atomic mass is 16.5. The van der Waals surface area contributed by atoms with Crippen LogP contribution < -0.4 is 10.6 Å². The maximum atomic E-state index is 13.1. The number of ether oxygens (including phenoxy) is 1. The molecule has 1 saturated heterocycles. The maximum Gasteiger partial charge on any atom is 0.225 e. The summed E-state index contributed by atoms with van der Waals surface area (Å²) < 4.78 is 5.85. The van der Waals surface area contributed by atoms with E-state index in [9.17, 15) is 9.90 Å². The average Bonchev–Trinajstić information content (AvgIpc) is 2.88. The lowest BCUT2D eigenvalue weighted by molar-refractivity contribution is -0.116. The first-order valence-electron chi connectivity index (χ1n) is 11.5. The van der Waals surface area contributed by atoms with Gasteiger partial charge in [0.05, 0.1) is 37.2 Å². The molecule has 1 aromatic heterocycles. The summed E-state index contributed by atoms with van der Waals surface area (Å²) in [6.07, 6.45) is 5.51. The highest BCUT2D eigenvalue weighted by Gasteiger charge is 2.21. The molecule has 1 aliphatic heterocycles. The second-order valence-corrected chi connectivity index (χ2v) is 8.44. The number of aliphatic hydroxyl groups excluding tert-OH is 1. The Hall–Kier alpha value is -3.06. The third kappa shape index (κ3) is 6.48. The van der Waals surface area contributed by atoms with Gasteiger partial charge in [0, 0.05) is 25.1 Å². The predicted octanol–water partition coefficient (Wildman–Crippen LogP) is 3.52. The second-order valence-electron chi connectivity index (χ2n) is 8.44. The van der Waals surface area contributed by atoms with Crippen LogP contribution in [0.15, 0.2) is 79.1 Å². The quantitative estimate of drug-likeness (QED) is 0.469. The van der Waals surface area contributed by atoms with Crippen LogP contribution in [0.5, 0.6) is 0 Å². The Labute approximate surface area is 195 Å². The number of aromatic nitrogens is 1. The first-order valence-corrected chi connectivity index (χ1v) is 11.5. The Morgan fingerprint density at radius 3 is 2.39 bits per heavy atom. The molecule has 0 bridgehead atoms. The van der Waals surface area contributed by atoms with Gasteiger partial charge >= 0.3 is 0 Å². The minimum atomic E-state index is -0.0386. The summed E-state index contributed by atoms with van der Waals surface area (Å²) in [6, 6.07) is 22.3. The summed E-state index contributed by atoms with van der Waals surface area (Å²) in [5, 5.41) is 15.6. The van der Waals surface area contributed by atoms with Crippen molar-refractivity contribution in [3.05, 3.63) is 95.8 Å². The van der Waals surface area contributed by atoms with E-state index in [0.717, 1.165) is 35.2 Å². The van der Waals surface area contributed by atoms with Gasteiger partial charge in [-0.1, -0.05) is 60.7 Å². The van der Waals surface area contributed by atoms with Crippen LogP contribution in [-0.4, -0.2) is 47.9 Å². The first kappa shape index (κ1) is 23.1. The van der Waals surface area contributed by atoms with Crippen molar-refractivity contribution in [2.24, 2.45) is 0 Å². The van der Waals surface area contributed by atoms with Crippen molar-refractivity contribution < 1.29 is 14.6 Å². The van der Waals surface area contributed by atoms with E-state index < -0.39 is 0 Å². The normalized spacial score (nSPS) is 18.2. The van der Waals surface area contributed by atoms with Gasteiger partial charge in [-0.15, -0.1) is 0 Å². The zero-order chi connectivity index (χ0) is 22.9. The molecule has 0 aliphatic carbocycles. The Bertz CT molecular complexity index is 966. The lowest BCUT2D eigenvalue weighted by Gasteiger charge is -2.29. The number of morpholine rings is 1. The molecule has 2 heterocycles. The SMILES string of the molecule is O=C(CC(c1ccccc1)c1ccccc1)Nc1cnccc1CC[C@@H]1CN[C@H](CO)CO1. The fourth-order valence-corrected chi connectivity index (χ4v) is 4.23. The summed E-state index contributed by atoms with van der Waals surface area (Å²) in [4.78, 5) is 17.3. The summed E-state index contributed by atoms with van der Waals surface area (Å²) >= 11 is 0. The van der Waals surface area contributed by atoms with Crippen LogP contribution >= 0.6 is 0 Å². The number of nitrogens with one attached hydrogen (secondary N) is 2. The van der Waals surface area contributed by atoms with Gasteiger partial charge in [0.1, 0.15) is 0 Å². The molecular formula is C27H31N3O3. The molecule has 3 N–H and O–H groups in total. The molecule has 2 aromatic carbocycles. The smallest absolute Gasteiger partial charge is 0.225 e. The summed E-state index contributed by atoms with van der Waals surface area (Å²) in [6.45, 7) is 1.31. The summed E-state index contributed by atoms with van der Waals surface area (Å²) in [7, 11) is 0. The predicted molar refractivity (Wildman–Crippen MR) is 129 cm³/mol. The molecule has 4 rings (SSSR count). The van der Waals surface area contributed by atoms with Crippen LogP contribution in [0.4, 0.5) is 5.69 Å². The lowest BCUT2D eigenvalue weighted by atomic mass is 9.88. The van der Waals surface area contributed by atoms with Gasteiger partial charge in [-0.05, 0) is 35.6 Å². The number of rotatable bonds is 9. The van der Waals surface area contributed by atoms with Crippen molar-refractivity contribution in [1.29, 1.82) is 0 Å². The van der Waals surface area contributed by atoms with E-state index in [-0.39, 0.29) is 30.6 Å². The van der Waals surface area contributed by atoms with Gasteiger partial charge in [-0.2, -0.15) is 0 Å². The number of nitrogens with zero attached hydrogens (tertiary/aromatic N) is 1. The molecule has 6 nitrogen and oxygen atoms in total. The number of carbonyl (C=O) groups is 1. The van der Waals surface area contributed by atoms with Gasteiger partial charge in [-0.25, -0.2) is 0 Å². The van der Waals surface area contributed by atoms with E-state index in [1.165, 1.54) is 0 Å². The second kappa shape index (κ2) is 11.7. The number of carbonyl (C=O) groups excluding carboxylic acids is 1. The molecule has 0 spiro atoms. The summed E-state index contributed by atoms with van der Waals surface area (Å²) in [5.41, 5.74) is 4.03. The van der Waals surface area contributed by atoms with Gasteiger partial charge < -0.3 is 20.5 Å². The molecule has 0 unspecified atom stereocenters. The van der Waals surface area contributed by atoms with E-state index in [2.05, 4.69) is 39.9 Å². The van der Waals surface area contributed by atoms with Gasteiger partial charge in [0.25, 0.3) is 0 Å². The molecule has 0 saturated carbocycles. The van der Waals surface area contributed by atoms with E-state index >= 15 is 0 Å². The molecule has 2 atom stereocenters. The molecule has 33 heavy (non-hydrogen) atoms. The number of anilines is 1. The Kier molecular flexibility index (Phi) is 8.19. The molecule has 172 valence electrons. The lowest BCUT2D eigenvalue weighted by Crippen LogP contribution is -2.48. The van der Waals surface area contributed by atoms with E-state index in [0.29, 0.717) is 19.6 Å². The number of pyridine rings is 1. The fraction of sp³-hybridized carbons (Fsp3) is 0.333. The standard InChI is InChI=1S/C27H31N3O3/c31-18-23-19-33-24(16-29-23)12-11-22-13-14-28-17-26(22)30-27(32)15-25(20-7-3-1-4-8-20)21-9-5-2-6-10-21/h1-10,13-14,17,23-25,29,31H,11-12,15-16,18-19H2,(H,30,32)/t23-,24-/m1/s1. The molecule has 6 heteroatoms. The van der Waals surface area contributed by atoms with Crippen molar-refractivity contribution in [2.75, 3.05) is 25.1 Å². The molecular weight excluding hydrogens is 414 g/mol. The largest absolute Gasteiger partial charge is 0.395 e. The van der Waals surface area contributed by atoms with E-state index in [1.54, 1.807) is 12.4 Å². The maximum absolute atomic E-state index is 13.1. The van der Waals surface area contributed by atoms with Crippen LogP contribution in [0.25, 0.3) is 0 Å². The molecule has 1 fully saturated rings. The first-order chi connectivity index (χ1) is 16.2. The number of aliphatic hydroxyl groups is 1. The van der Waals surface area contributed by atoms with Gasteiger partial charge in [-0.3, -0.25) is 9.78 Å². The molecule has 0 radical (unpaired) electrons. The zero-order valence-electron chi connectivity index (χ0n) is 18.7. The molecule has 1 amide bonds. The van der Waals surface area contributed by atoms with Crippen molar-refractivity contribution >= 4 is 11.6 Å². The van der Waals surface area contributed by atoms with Gasteiger partial charge in [0.2, 0.25) is 5.91 Å². The van der Waals surface area contributed by atoms with Crippen molar-refractivity contribution in [1.82, 2.24) is 10.3 Å². The minimum absolute atomic E-state index is 0.0131. The van der Waals surface area contributed by atoms with Crippen LogP contribution in [0, 0.1) is 0 Å². The van der Waals surface area contributed by atoms with Crippen LogP contribution in [0.3, 0.4) is 0 Å². The van der Waals surface area contributed by atoms with Gasteiger partial charge in [0.15, 0.2) is 0 Å². The van der Waals surface area contributed by atoms with Crippen LogP contribution in [-0.2, 0) is 16.0 Å².